The van der Waals surface area contributed by atoms with Gasteiger partial charge in [0.15, 0.2) is 5.70 Å². The van der Waals surface area contributed by atoms with Crippen molar-refractivity contribution in [1.82, 2.24) is 0 Å². The van der Waals surface area contributed by atoms with Gasteiger partial charge in [0.1, 0.15) is 17.3 Å². The lowest BCUT2D eigenvalue weighted by molar-refractivity contribution is -0.129. The van der Waals surface area contributed by atoms with Gasteiger partial charge in [0, 0.05) is 12.0 Å². The first-order valence-corrected chi connectivity index (χ1v) is 8.18. The molecule has 134 valence electrons. The van der Waals surface area contributed by atoms with E-state index in [1.165, 1.54) is 18.2 Å². The summed E-state index contributed by atoms with van der Waals surface area (Å²) >= 11 is 0. The van der Waals surface area contributed by atoms with Crippen molar-refractivity contribution in [2.45, 2.75) is 25.9 Å². The van der Waals surface area contributed by atoms with E-state index in [2.05, 4.69) is 16.7 Å². The number of cyclic esters (lactones) is 1. The van der Waals surface area contributed by atoms with E-state index in [1.54, 1.807) is 18.2 Å². The fourth-order valence-corrected chi connectivity index (χ4v) is 2.86. The third kappa shape index (κ3) is 3.24. The number of rotatable bonds is 5. The molecule has 0 N–H and O–H groups in total. The molecule has 5 nitrogen and oxygen atoms in total. The summed E-state index contributed by atoms with van der Waals surface area (Å²) in [6, 6.07) is 9.65. The van der Waals surface area contributed by atoms with Crippen molar-refractivity contribution < 1.29 is 27.5 Å². The van der Waals surface area contributed by atoms with E-state index >= 15 is 0 Å². The van der Waals surface area contributed by atoms with Crippen molar-refractivity contribution in [3.8, 4) is 5.75 Å². The standard InChI is InChI=1S/C19H15F2NO4/c1-10-8-13(10)16-7-6-11(24-16)9-14-18(23)26-17(22-14)12-4-2-3-5-15(12)25-19(20)21/h2-7,9-10,13,19H,8H2,1H3/b14-9-/t10-,13+/m0/s1. The molecule has 2 aliphatic rings. The van der Waals surface area contributed by atoms with Crippen molar-refractivity contribution in [3.63, 3.8) is 0 Å². The van der Waals surface area contributed by atoms with Crippen LogP contribution in [-0.2, 0) is 9.53 Å². The fraction of sp³-hybridized carbons (Fsp3) is 0.263. The topological polar surface area (TPSA) is 61.0 Å². The van der Waals surface area contributed by atoms with Gasteiger partial charge in [-0.1, -0.05) is 19.1 Å². The van der Waals surface area contributed by atoms with Crippen LogP contribution in [0.2, 0.25) is 0 Å². The number of carbonyl (C=O) groups excluding carboxylic acids is 1. The maximum Gasteiger partial charge on any atom is 0.387 e. The van der Waals surface area contributed by atoms with Crippen molar-refractivity contribution in [1.29, 1.82) is 0 Å². The number of alkyl halides is 2. The molecule has 0 radical (unpaired) electrons. The summed E-state index contributed by atoms with van der Waals surface area (Å²) in [5.41, 5.74) is 0.216. The maximum atomic E-state index is 12.5. The second-order valence-electron chi connectivity index (χ2n) is 6.27. The number of ether oxygens (including phenoxy) is 2. The highest BCUT2D eigenvalue weighted by Crippen LogP contribution is 2.47. The normalized spacial score (nSPS) is 23.3. The number of carbonyl (C=O) groups is 1. The highest BCUT2D eigenvalue weighted by molar-refractivity contribution is 6.13. The molecule has 1 aromatic heterocycles. The second-order valence-corrected chi connectivity index (χ2v) is 6.27. The molecule has 1 saturated carbocycles. The Hall–Kier alpha value is -2.96. The van der Waals surface area contributed by atoms with Crippen LogP contribution in [0.1, 0.15) is 36.3 Å². The second kappa shape index (κ2) is 6.40. The minimum absolute atomic E-state index is 0.0385. The predicted octanol–water partition coefficient (Wildman–Crippen LogP) is 4.35. The molecule has 1 aliphatic carbocycles. The van der Waals surface area contributed by atoms with Crippen LogP contribution in [0.5, 0.6) is 5.75 Å². The van der Waals surface area contributed by atoms with Crippen LogP contribution in [0.3, 0.4) is 0 Å². The number of hydrogen-bond acceptors (Lipinski definition) is 5. The molecule has 0 spiro atoms. The van der Waals surface area contributed by atoms with Gasteiger partial charge in [0.2, 0.25) is 5.90 Å². The van der Waals surface area contributed by atoms with E-state index in [4.69, 9.17) is 9.15 Å². The van der Waals surface area contributed by atoms with Crippen LogP contribution in [0.4, 0.5) is 8.78 Å². The Morgan fingerprint density at radius 1 is 1.27 bits per heavy atom. The zero-order chi connectivity index (χ0) is 18.3. The lowest BCUT2D eigenvalue weighted by Gasteiger charge is -2.08. The van der Waals surface area contributed by atoms with E-state index in [0.717, 1.165) is 12.2 Å². The molecular weight excluding hydrogens is 344 g/mol. The Labute approximate surface area is 147 Å². The molecule has 4 rings (SSSR count). The van der Waals surface area contributed by atoms with Gasteiger partial charge in [0.05, 0.1) is 5.56 Å². The highest BCUT2D eigenvalue weighted by atomic mass is 19.3. The molecule has 0 amide bonds. The number of esters is 1. The Kier molecular flexibility index (Phi) is 4.06. The van der Waals surface area contributed by atoms with Crippen LogP contribution in [0.15, 0.2) is 51.5 Å². The smallest absolute Gasteiger partial charge is 0.387 e. The molecule has 2 atom stereocenters. The van der Waals surface area contributed by atoms with Crippen LogP contribution >= 0.6 is 0 Å². The van der Waals surface area contributed by atoms with E-state index < -0.39 is 12.6 Å². The van der Waals surface area contributed by atoms with Crippen molar-refractivity contribution in [2.24, 2.45) is 10.9 Å². The highest BCUT2D eigenvalue weighted by Gasteiger charge is 2.36. The summed E-state index contributed by atoms with van der Waals surface area (Å²) < 4.78 is 40.4. The zero-order valence-corrected chi connectivity index (χ0v) is 13.8. The lowest BCUT2D eigenvalue weighted by Crippen LogP contribution is -2.10. The largest absolute Gasteiger partial charge is 0.461 e. The Morgan fingerprint density at radius 3 is 2.77 bits per heavy atom. The van der Waals surface area contributed by atoms with Crippen molar-refractivity contribution in [3.05, 3.63) is 59.2 Å². The van der Waals surface area contributed by atoms with E-state index in [-0.39, 0.29) is 22.9 Å². The Morgan fingerprint density at radius 2 is 2.04 bits per heavy atom. The zero-order valence-electron chi connectivity index (χ0n) is 13.8. The Balaban J connectivity index is 1.61. The number of halogens is 2. The van der Waals surface area contributed by atoms with Gasteiger partial charge >= 0.3 is 12.6 Å². The summed E-state index contributed by atoms with van der Waals surface area (Å²) in [6.45, 7) is -0.843. The lowest BCUT2D eigenvalue weighted by atomic mass is 10.2. The van der Waals surface area contributed by atoms with Crippen LogP contribution in [0.25, 0.3) is 6.08 Å². The third-order valence-electron chi connectivity index (χ3n) is 4.36. The van der Waals surface area contributed by atoms with Gasteiger partial charge in [-0.05, 0) is 36.6 Å². The first-order chi connectivity index (χ1) is 12.5. The molecule has 2 heterocycles. The minimum atomic E-state index is -2.99. The number of furan rings is 1. The number of aliphatic imine (C=N–C) groups is 1. The summed E-state index contributed by atoms with van der Waals surface area (Å²) in [6.07, 6.45) is 2.57. The molecule has 0 bridgehead atoms. The maximum absolute atomic E-state index is 12.5. The summed E-state index contributed by atoms with van der Waals surface area (Å²) in [5.74, 6) is 1.54. The van der Waals surface area contributed by atoms with E-state index in [0.29, 0.717) is 17.6 Å². The number of para-hydroxylation sites is 1. The molecule has 7 heteroatoms. The van der Waals surface area contributed by atoms with Gasteiger partial charge in [-0.2, -0.15) is 8.78 Å². The molecule has 2 aromatic rings. The first kappa shape index (κ1) is 16.5. The van der Waals surface area contributed by atoms with Gasteiger partial charge in [-0.25, -0.2) is 9.79 Å². The first-order valence-electron chi connectivity index (χ1n) is 8.18. The minimum Gasteiger partial charge on any atom is -0.461 e. The average Bonchev–Trinajstić information content (AvgIpc) is 3.00. The van der Waals surface area contributed by atoms with Gasteiger partial charge in [-0.3, -0.25) is 0 Å². The van der Waals surface area contributed by atoms with Gasteiger partial charge < -0.3 is 13.9 Å². The van der Waals surface area contributed by atoms with Crippen LogP contribution in [0, 0.1) is 5.92 Å². The molecule has 0 unspecified atom stereocenters. The van der Waals surface area contributed by atoms with Gasteiger partial charge in [0.25, 0.3) is 0 Å². The molecule has 1 aromatic carbocycles. The number of hydrogen-bond donors (Lipinski definition) is 0. The SMILES string of the molecule is C[C@H]1C[C@H]1c1ccc(/C=C2\N=C(c3ccccc3OC(F)F)OC2=O)o1. The summed E-state index contributed by atoms with van der Waals surface area (Å²) in [5, 5.41) is 0. The number of nitrogens with zero attached hydrogens (tertiary/aromatic N) is 1. The molecule has 1 fully saturated rings. The van der Waals surface area contributed by atoms with E-state index in [1.807, 2.05) is 6.07 Å². The van der Waals surface area contributed by atoms with Crippen molar-refractivity contribution >= 4 is 17.9 Å². The molecule has 1 aliphatic heterocycles. The quantitative estimate of drug-likeness (QED) is 0.588. The predicted molar refractivity (Wildman–Crippen MR) is 88.9 cm³/mol. The third-order valence-corrected chi connectivity index (χ3v) is 4.36. The summed E-state index contributed by atoms with van der Waals surface area (Å²) in [4.78, 5) is 16.2. The Bertz CT molecular complexity index is 916. The van der Waals surface area contributed by atoms with Crippen LogP contribution in [-0.4, -0.2) is 18.5 Å². The molecular formula is C19H15F2NO4. The van der Waals surface area contributed by atoms with Crippen molar-refractivity contribution in [2.75, 3.05) is 0 Å². The van der Waals surface area contributed by atoms with E-state index in [9.17, 15) is 13.6 Å². The monoisotopic (exact) mass is 359 g/mol. The average molecular weight is 359 g/mol. The van der Waals surface area contributed by atoms with Crippen LogP contribution < -0.4 is 4.74 Å². The van der Waals surface area contributed by atoms with Gasteiger partial charge in [-0.15, -0.1) is 0 Å². The molecule has 26 heavy (non-hydrogen) atoms. The number of benzene rings is 1. The fourth-order valence-electron chi connectivity index (χ4n) is 2.86. The summed E-state index contributed by atoms with van der Waals surface area (Å²) in [7, 11) is 0. The molecule has 0 saturated heterocycles.